The number of aromatic nitrogens is 1. The fourth-order valence-corrected chi connectivity index (χ4v) is 1.53. The average Bonchev–Trinajstić information content (AvgIpc) is 2.54. The van der Waals surface area contributed by atoms with Crippen molar-refractivity contribution in [3.63, 3.8) is 0 Å². The Morgan fingerprint density at radius 2 is 2.06 bits per heavy atom. The molecule has 5 N–H and O–H groups in total. The van der Waals surface area contributed by atoms with Gasteiger partial charge in [-0.2, -0.15) is 0 Å². The monoisotopic (exact) mass is 240 g/mol. The Morgan fingerprint density at radius 3 is 2.59 bits per heavy atom. The number of carbonyl (C=O) groups is 2. The molecule has 7 nitrogen and oxygen atoms in total. The molecule has 0 aliphatic rings. The van der Waals surface area contributed by atoms with Crippen LogP contribution in [0, 0.1) is 13.8 Å². The van der Waals surface area contributed by atoms with Crippen molar-refractivity contribution < 1.29 is 14.3 Å². The third-order valence-electron chi connectivity index (χ3n) is 2.29. The summed E-state index contributed by atoms with van der Waals surface area (Å²) in [5, 5.41) is 2.48. The third kappa shape index (κ3) is 2.76. The molecular weight excluding hydrogens is 224 g/mol. The quantitative estimate of drug-likeness (QED) is 0.271. The standard InChI is InChI=1S/C10H16N4O3/c1-4-17-9(15)7-5(2)8(12-6(7)3)13-10(16)14-11/h12H,4,11H2,1-3H3,(H2,13,14,16). The molecule has 0 aromatic carbocycles. The smallest absolute Gasteiger partial charge is 0.340 e. The minimum Gasteiger partial charge on any atom is -0.462 e. The van der Waals surface area contributed by atoms with Crippen LogP contribution in [0.2, 0.25) is 0 Å². The Kier molecular flexibility index (Phi) is 4.11. The number of urea groups is 1. The maximum atomic E-state index is 11.7. The fourth-order valence-electron chi connectivity index (χ4n) is 1.53. The van der Waals surface area contributed by atoms with Gasteiger partial charge >= 0.3 is 12.0 Å². The van der Waals surface area contributed by atoms with Gasteiger partial charge in [0.1, 0.15) is 5.82 Å². The van der Waals surface area contributed by atoms with Crippen LogP contribution in [0.15, 0.2) is 0 Å². The number of hydrogen-bond donors (Lipinski definition) is 4. The second-order valence-corrected chi connectivity index (χ2v) is 3.44. The molecule has 1 aromatic rings. The first-order valence-corrected chi connectivity index (χ1v) is 5.15. The Bertz CT molecular complexity index is 439. The van der Waals surface area contributed by atoms with E-state index in [-0.39, 0.29) is 0 Å². The van der Waals surface area contributed by atoms with E-state index < -0.39 is 12.0 Å². The maximum absolute atomic E-state index is 11.7. The molecule has 0 aliphatic heterocycles. The third-order valence-corrected chi connectivity index (χ3v) is 2.29. The maximum Gasteiger partial charge on any atom is 0.340 e. The van der Waals surface area contributed by atoms with Crippen LogP contribution >= 0.6 is 0 Å². The number of carbonyl (C=O) groups excluding carboxylic acids is 2. The van der Waals surface area contributed by atoms with Gasteiger partial charge in [-0.05, 0) is 20.8 Å². The number of esters is 1. The number of amides is 2. The molecular formula is C10H16N4O3. The van der Waals surface area contributed by atoms with Gasteiger partial charge in [0.05, 0.1) is 12.2 Å². The molecule has 1 heterocycles. The number of ether oxygens (including phenoxy) is 1. The minimum atomic E-state index is -0.565. The van der Waals surface area contributed by atoms with Crippen LogP contribution < -0.4 is 16.6 Å². The number of nitrogens with two attached hydrogens (primary N) is 1. The van der Waals surface area contributed by atoms with Gasteiger partial charge in [-0.3, -0.25) is 10.7 Å². The predicted molar refractivity (Wildman–Crippen MR) is 62.6 cm³/mol. The highest BCUT2D eigenvalue weighted by atomic mass is 16.5. The molecule has 0 unspecified atom stereocenters. The zero-order valence-corrected chi connectivity index (χ0v) is 10.0. The molecule has 0 saturated heterocycles. The summed E-state index contributed by atoms with van der Waals surface area (Å²) in [6.45, 7) is 5.47. The van der Waals surface area contributed by atoms with Gasteiger partial charge in [-0.25, -0.2) is 15.4 Å². The van der Waals surface area contributed by atoms with E-state index in [4.69, 9.17) is 10.6 Å². The molecule has 1 rings (SSSR count). The lowest BCUT2D eigenvalue weighted by Crippen LogP contribution is -2.34. The number of anilines is 1. The number of aryl methyl sites for hydroxylation is 1. The lowest BCUT2D eigenvalue weighted by Gasteiger charge is -2.04. The number of H-pyrrole nitrogens is 1. The highest BCUT2D eigenvalue weighted by molar-refractivity contribution is 5.97. The summed E-state index contributed by atoms with van der Waals surface area (Å²) >= 11 is 0. The van der Waals surface area contributed by atoms with Gasteiger partial charge in [-0.1, -0.05) is 0 Å². The van der Waals surface area contributed by atoms with E-state index >= 15 is 0 Å². The largest absolute Gasteiger partial charge is 0.462 e. The summed E-state index contributed by atoms with van der Waals surface area (Å²) in [6, 6.07) is -0.565. The van der Waals surface area contributed by atoms with Crippen LogP contribution in [-0.2, 0) is 4.74 Å². The van der Waals surface area contributed by atoms with Gasteiger partial charge in [-0.15, -0.1) is 0 Å². The summed E-state index contributed by atoms with van der Waals surface area (Å²) in [5.74, 6) is 4.96. The molecule has 0 aliphatic carbocycles. The minimum absolute atomic E-state index is 0.301. The lowest BCUT2D eigenvalue weighted by atomic mass is 10.1. The van der Waals surface area contributed by atoms with Crippen molar-refractivity contribution in [2.45, 2.75) is 20.8 Å². The molecule has 0 spiro atoms. The summed E-state index contributed by atoms with van der Waals surface area (Å²) in [4.78, 5) is 25.6. The Labute approximate surface area is 98.7 Å². The van der Waals surface area contributed by atoms with Crippen LogP contribution in [0.1, 0.15) is 28.5 Å². The van der Waals surface area contributed by atoms with Gasteiger partial charge in [0.25, 0.3) is 0 Å². The van der Waals surface area contributed by atoms with Crippen molar-refractivity contribution in [1.29, 1.82) is 0 Å². The van der Waals surface area contributed by atoms with Gasteiger partial charge in [0.15, 0.2) is 0 Å². The number of hydrazine groups is 1. The van der Waals surface area contributed by atoms with Crippen LogP contribution in [0.5, 0.6) is 0 Å². The summed E-state index contributed by atoms with van der Waals surface area (Å²) in [5.41, 5.74) is 3.62. The zero-order valence-electron chi connectivity index (χ0n) is 10.0. The van der Waals surface area contributed by atoms with Crippen LogP contribution in [-0.4, -0.2) is 23.6 Å². The Morgan fingerprint density at radius 1 is 1.41 bits per heavy atom. The van der Waals surface area contributed by atoms with Crippen molar-refractivity contribution in [2.75, 3.05) is 11.9 Å². The molecule has 94 valence electrons. The highest BCUT2D eigenvalue weighted by Gasteiger charge is 2.19. The first-order chi connectivity index (χ1) is 8.01. The fraction of sp³-hybridized carbons (Fsp3) is 0.400. The van der Waals surface area contributed by atoms with E-state index in [1.165, 1.54) is 0 Å². The molecule has 0 atom stereocenters. The Balaban J connectivity index is 3.01. The molecule has 1 aromatic heterocycles. The SMILES string of the molecule is CCOC(=O)c1c(C)[nH]c(NC(=O)NN)c1C. The molecule has 0 saturated carbocycles. The van der Waals surface area contributed by atoms with E-state index in [2.05, 4.69) is 10.3 Å². The lowest BCUT2D eigenvalue weighted by molar-refractivity contribution is 0.0525. The summed E-state index contributed by atoms with van der Waals surface area (Å²) < 4.78 is 4.92. The second-order valence-electron chi connectivity index (χ2n) is 3.44. The van der Waals surface area contributed by atoms with E-state index in [1.807, 2.05) is 5.43 Å². The average molecular weight is 240 g/mol. The van der Waals surface area contributed by atoms with Gasteiger partial charge < -0.3 is 9.72 Å². The van der Waals surface area contributed by atoms with Crippen LogP contribution in [0.3, 0.4) is 0 Å². The second kappa shape index (κ2) is 5.35. The number of hydrogen-bond acceptors (Lipinski definition) is 4. The molecule has 0 fully saturated rings. The molecule has 7 heteroatoms. The number of aromatic amines is 1. The summed E-state index contributed by atoms with van der Waals surface area (Å²) in [7, 11) is 0. The molecule has 0 radical (unpaired) electrons. The van der Waals surface area contributed by atoms with Gasteiger partial charge in [0.2, 0.25) is 0 Å². The Hall–Kier alpha value is -2.02. The van der Waals surface area contributed by atoms with Crippen LogP contribution in [0.25, 0.3) is 0 Å². The zero-order chi connectivity index (χ0) is 13.0. The first kappa shape index (κ1) is 13.0. The van der Waals surface area contributed by atoms with Crippen molar-refractivity contribution in [1.82, 2.24) is 10.4 Å². The number of nitrogens with one attached hydrogen (secondary N) is 3. The molecule has 17 heavy (non-hydrogen) atoms. The van der Waals surface area contributed by atoms with Gasteiger partial charge in [0, 0.05) is 11.3 Å². The van der Waals surface area contributed by atoms with Crippen molar-refractivity contribution in [2.24, 2.45) is 5.84 Å². The topological polar surface area (TPSA) is 109 Å². The van der Waals surface area contributed by atoms with E-state index in [0.717, 1.165) is 0 Å². The van der Waals surface area contributed by atoms with E-state index in [0.29, 0.717) is 29.2 Å². The highest BCUT2D eigenvalue weighted by Crippen LogP contribution is 2.22. The van der Waals surface area contributed by atoms with Crippen molar-refractivity contribution in [3.05, 3.63) is 16.8 Å². The first-order valence-electron chi connectivity index (χ1n) is 5.15. The molecule has 0 bridgehead atoms. The predicted octanol–water partition coefficient (Wildman–Crippen LogP) is 0.803. The van der Waals surface area contributed by atoms with Crippen LogP contribution in [0.4, 0.5) is 10.6 Å². The van der Waals surface area contributed by atoms with Crippen molar-refractivity contribution in [3.8, 4) is 0 Å². The summed E-state index contributed by atoms with van der Waals surface area (Å²) in [6.07, 6.45) is 0. The van der Waals surface area contributed by atoms with E-state index in [9.17, 15) is 9.59 Å². The normalized spacial score (nSPS) is 9.88. The number of rotatable bonds is 3. The van der Waals surface area contributed by atoms with Crippen molar-refractivity contribution >= 4 is 17.8 Å². The molecule has 2 amide bonds. The van der Waals surface area contributed by atoms with E-state index in [1.54, 1.807) is 20.8 Å².